The zero-order valence-corrected chi connectivity index (χ0v) is 12.8. The van der Waals surface area contributed by atoms with Gasteiger partial charge in [-0.3, -0.25) is 4.79 Å². The first-order valence-electron chi connectivity index (χ1n) is 7.83. The Morgan fingerprint density at radius 3 is 2.71 bits per heavy atom. The van der Waals surface area contributed by atoms with Crippen LogP contribution in [-0.2, 0) is 0 Å². The topological polar surface area (TPSA) is 46.3 Å². The first kappa shape index (κ1) is 15.6. The van der Waals surface area contributed by atoms with Gasteiger partial charge in [-0.1, -0.05) is 43.7 Å². The average molecular weight is 284 g/mol. The molecule has 112 valence electrons. The lowest BCUT2D eigenvalue weighted by Crippen LogP contribution is -2.38. The van der Waals surface area contributed by atoms with Crippen molar-refractivity contribution in [1.82, 2.24) is 4.90 Å². The molecule has 1 saturated heterocycles. The highest BCUT2D eigenvalue weighted by Crippen LogP contribution is 2.23. The van der Waals surface area contributed by atoms with Gasteiger partial charge in [-0.25, -0.2) is 0 Å². The van der Waals surface area contributed by atoms with E-state index in [9.17, 15) is 4.79 Å². The lowest BCUT2D eigenvalue weighted by molar-refractivity contribution is 0.0686. The summed E-state index contributed by atoms with van der Waals surface area (Å²) in [5.74, 6) is 6.72. The van der Waals surface area contributed by atoms with E-state index in [1.807, 2.05) is 29.2 Å². The van der Waals surface area contributed by atoms with Crippen molar-refractivity contribution in [3.63, 3.8) is 0 Å². The van der Waals surface area contributed by atoms with Crippen LogP contribution >= 0.6 is 0 Å². The van der Waals surface area contributed by atoms with Crippen LogP contribution in [0.1, 0.15) is 48.5 Å². The van der Waals surface area contributed by atoms with Gasteiger partial charge < -0.3 is 10.6 Å². The van der Waals surface area contributed by atoms with E-state index in [-0.39, 0.29) is 5.91 Å². The van der Waals surface area contributed by atoms with Crippen LogP contribution < -0.4 is 5.73 Å². The quantitative estimate of drug-likeness (QED) is 0.867. The van der Waals surface area contributed by atoms with Crippen molar-refractivity contribution in [3.8, 4) is 11.8 Å². The Morgan fingerprint density at radius 1 is 1.33 bits per heavy atom. The van der Waals surface area contributed by atoms with Crippen LogP contribution in [0.15, 0.2) is 24.3 Å². The molecule has 3 nitrogen and oxygen atoms in total. The van der Waals surface area contributed by atoms with Gasteiger partial charge in [0.2, 0.25) is 0 Å². The highest BCUT2D eigenvalue weighted by Gasteiger charge is 2.24. The van der Waals surface area contributed by atoms with E-state index in [1.165, 1.54) is 12.8 Å². The molecular weight excluding hydrogens is 260 g/mol. The molecule has 1 aromatic carbocycles. The highest BCUT2D eigenvalue weighted by atomic mass is 16.2. The fourth-order valence-corrected chi connectivity index (χ4v) is 2.93. The molecule has 0 aromatic heterocycles. The molecule has 2 N–H and O–H groups in total. The third-order valence-corrected chi connectivity index (χ3v) is 4.08. The second-order valence-corrected chi connectivity index (χ2v) is 5.58. The third-order valence-electron chi connectivity index (χ3n) is 4.08. The summed E-state index contributed by atoms with van der Waals surface area (Å²) < 4.78 is 0. The molecule has 1 aliphatic heterocycles. The van der Waals surface area contributed by atoms with E-state index in [2.05, 4.69) is 18.8 Å². The number of likely N-dealkylation sites (tertiary alicyclic amines) is 1. The number of hydrogen-bond donors (Lipinski definition) is 1. The Balaban J connectivity index is 2.07. The Hall–Kier alpha value is -1.79. The number of rotatable bonds is 3. The normalized spacial score (nSPS) is 15.4. The molecule has 0 saturated carbocycles. The van der Waals surface area contributed by atoms with E-state index in [0.717, 1.165) is 37.4 Å². The summed E-state index contributed by atoms with van der Waals surface area (Å²) in [7, 11) is 0. The van der Waals surface area contributed by atoms with E-state index in [4.69, 9.17) is 5.73 Å². The molecule has 0 bridgehead atoms. The number of carbonyl (C=O) groups excluding carboxylic acids is 1. The summed E-state index contributed by atoms with van der Waals surface area (Å²) in [5.41, 5.74) is 6.90. The second kappa shape index (κ2) is 7.85. The van der Waals surface area contributed by atoms with Crippen molar-refractivity contribution in [2.24, 2.45) is 11.7 Å². The Kier molecular flexibility index (Phi) is 5.83. The largest absolute Gasteiger partial charge is 0.339 e. The van der Waals surface area contributed by atoms with Crippen molar-refractivity contribution < 1.29 is 4.79 Å². The zero-order chi connectivity index (χ0) is 15.1. The minimum atomic E-state index is 0.104. The molecule has 21 heavy (non-hydrogen) atoms. The van der Waals surface area contributed by atoms with Gasteiger partial charge in [-0.2, -0.15) is 0 Å². The summed E-state index contributed by atoms with van der Waals surface area (Å²) in [6.45, 7) is 4.26. The van der Waals surface area contributed by atoms with Crippen LogP contribution in [0.25, 0.3) is 0 Å². The van der Waals surface area contributed by atoms with Crippen LogP contribution in [0.5, 0.6) is 0 Å². The van der Waals surface area contributed by atoms with Gasteiger partial charge in [0.25, 0.3) is 5.91 Å². The molecule has 0 spiro atoms. The molecule has 0 atom stereocenters. The number of piperidine rings is 1. The Bertz CT molecular complexity index is 534. The summed E-state index contributed by atoms with van der Waals surface area (Å²) in [6, 6.07) is 7.55. The third kappa shape index (κ3) is 4.09. The van der Waals surface area contributed by atoms with Crippen LogP contribution in [-0.4, -0.2) is 30.4 Å². The van der Waals surface area contributed by atoms with Crippen molar-refractivity contribution in [1.29, 1.82) is 0 Å². The molecule has 1 aliphatic rings. The first-order chi connectivity index (χ1) is 10.3. The number of nitrogens with two attached hydrogens (primary N) is 1. The van der Waals surface area contributed by atoms with Gasteiger partial charge in [0.15, 0.2) is 0 Å². The highest BCUT2D eigenvalue weighted by molar-refractivity contribution is 5.96. The van der Waals surface area contributed by atoms with E-state index in [1.54, 1.807) is 0 Å². The molecule has 1 aromatic rings. The maximum absolute atomic E-state index is 12.7. The molecule has 2 rings (SSSR count). The first-order valence-corrected chi connectivity index (χ1v) is 7.83. The lowest BCUT2D eigenvalue weighted by Gasteiger charge is -2.32. The molecule has 0 aliphatic carbocycles. The molecule has 0 unspecified atom stereocenters. The van der Waals surface area contributed by atoms with Crippen LogP contribution in [0.4, 0.5) is 0 Å². The Labute approximate surface area is 127 Å². The number of amides is 1. The fourth-order valence-electron chi connectivity index (χ4n) is 2.93. The van der Waals surface area contributed by atoms with Gasteiger partial charge in [-0.05, 0) is 30.9 Å². The second-order valence-electron chi connectivity index (χ2n) is 5.58. The minimum absolute atomic E-state index is 0.104. The van der Waals surface area contributed by atoms with Gasteiger partial charge in [-0.15, -0.1) is 0 Å². The molecule has 1 fully saturated rings. The molecule has 0 radical (unpaired) electrons. The molecule has 1 amide bonds. The van der Waals surface area contributed by atoms with Crippen molar-refractivity contribution in [2.75, 3.05) is 19.6 Å². The van der Waals surface area contributed by atoms with E-state index in [0.29, 0.717) is 12.1 Å². The smallest absolute Gasteiger partial charge is 0.255 e. The van der Waals surface area contributed by atoms with Gasteiger partial charge >= 0.3 is 0 Å². The number of benzene rings is 1. The number of hydrogen-bond acceptors (Lipinski definition) is 2. The Morgan fingerprint density at radius 2 is 2.05 bits per heavy atom. The van der Waals surface area contributed by atoms with E-state index >= 15 is 0 Å². The SMILES string of the molecule is CCCC1CCN(C(=O)c2ccccc2C#CCN)CC1. The summed E-state index contributed by atoms with van der Waals surface area (Å²) >= 11 is 0. The summed E-state index contributed by atoms with van der Waals surface area (Å²) in [4.78, 5) is 14.6. The maximum atomic E-state index is 12.7. The van der Waals surface area contributed by atoms with Gasteiger partial charge in [0.1, 0.15) is 0 Å². The summed E-state index contributed by atoms with van der Waals surface area (Å²) in [6.07, 6.45) is 4.75. The summed E-state index contributed by atoms with van der Waals surface area (Å²) in [5, 5.41) is 0. The van der Waals surface area contributed by atoms with Crippen LogP contribution in [0.3, 0.4) is 0 Å². The van der Waals surface area contributed by atoms with Gasteiger partial charge in [0, 0.05) is 18.7 Å². The molecule has 3 heteroatoms. The maximum Gasteiger partial charge on any atom is 0.255 e. The van der Waals surface area contributed by atoms with Crippen molar-refractivity contribution in [2.45, 2.75) is 32.6 Å². The monoisotopic (exact) mass is 284 g/mol. The fraction of sp³-hybridized carbons (Fsp3) is 0.500. The van der Waals surface area contributed by atoms with E-state index < -0.39 is 0 Å². The molecule has 1 heterocycles. The van der Waals surface area contributed by atoms with Gasteiger partial charge in [0.05, 0.1) is 12.1 Å². The predicted octanol–water partition coefficient (Wildman–Crippen LogP) is 2.65. The van der Waals surface area contributed by atoms with Crippen molar-refractivity contribution >= 4 is 5.91 Å². The number of nitrogens with zero attached hydrogens (tertiary/aromatic N) is 1. The van der Waals surface area contributed by atoms with Crippen LogP contribution in [0, 0.1) is 17.8 Å². The zero-order valence-electron chi connectivity index (χ0n) is 12.8. The molecular formula is C18H24N2O. The predicted molar refractivity (Wildman–Crippen MR) is 85.9 cm³/mol. The number of carbonyl (C=O) groups is 1. The van der Waals surface area contributed by atoms with Crippen molar-refractivity contribution in [3.05, 3.63) is 35.4 Å². The average Bonchev–Trinajstić information content (AvgIpc) is 2.53. The lowest BCUT2D eigenvalue weighted by atomic mass is 9.92. The van der Waals surface area contributed by atoms with Crippen LogP contribution in [0.2, 0.25) is 0 Å². The minimum Gasteiger partial charge on any atom is -0.339 e. The standard InChI is InChI=1S/C18H24N2O/c1-2-6-15-10-13-20(14-11-15)18(21)17-9-4-3-7-16(17)8-5-12-19/h3-4,7,9,15H,2,6,10-14,19H2,1H3.